The molecule has 3 aliphatic rings. The fourth-order valence-corrected chi connectivity index (χ4v) is 7.98. The molecule has 2 N–H and O–H groups in total. The van der Waals surface area contributed by atoms with Crippen molar-refractivity contribution in [2.24, 2.45) is 0 Å². The highest BCUT2D eigenvalue weighted by Crippen LogP contribution is 2.47. The minimum absolute atomic E-state index is 0.0991. The number of alkyl halides is 3. The number of fused-ring (bicyclic) bond motifs is 1. The van der Waals surface area contributed by atoms with Gasteiger partial charge in [0.2, 0.25) is 5.91 Å². The molecule has 2 unspecified atom stereocenters. The normalized spacial score (nSPS) is 21.4. The average molecular weight is 609 g/mol. The number of nitrogens with one attached hydrogen (secondary N) is 1. The lowest BCUT2D eigenvalue weighted by Gasteiger charge is -2.49. The number of thioether (sulfide) groups is 2. The van der Waals surface area contributed by atoms with Crippen LogP contribution >= 0.6 is 46.5 Å². The van der Waals surface area contributed by atoms with E-state index in [9.17, 15) is 32.7 Å². The van der Waals surface area contributed by atoms with Crippen molar-refractivity contribution in [1.82, 2.24) is 30.2 Å². The first-order chi connectivity index (χ1) is 18.0. The number of amides is 2. The summed E-state index contributed by atoms with van der Waals surface area (Å²) in [5.41, 5.74) is -0.435. The Kier molecular flexibility index (Phi) is 7.43. The quantitative estimate of drug-likeness (QED) is 0.324. The number of carboxylic acids is 1. The number of hydrogen-bond acceptors (Lipinski definition) is 9. The first-order valence-corrected chi connectivity index (χ1v) is 14.6. The van der Waals surface area contributed by atoms with E-state index in [2.05, 4.69) is 20.6 Å². The van der Waals surface area contributed by atoms with Gasteiger partial charge in [-0.2, -0.15) is 18.3 Å². The van der Waals surface area contributed by atoms with Gasteiger partial charge in [-0.1, -0.05) is 34.7 Å². The second-order valence-corrected chi connectivity index (χ2v) is 12.8. The van der Waals surface area contributed by atoms with E-state index in [0.717, 1.165) is 9.69 Å². The Morgan fingerprint density at radius 1 is 1.29 bits per heavy atom. The number of carboxylic acid groups (broad SMARTS) is 1. The van der Waals surface area contributed by atoms with E-state index in [0.29, 0.717) is 34.3 Å². The van der Waals surface area contributed by atoms with Crippen LogP contribution in [0.15, 0.2) is 15.6 Å². The molecule has 38 heavy (non-hydrogen) atoms. The highest BCUT2D eigenvalue weighted by Gasteiger charge is 2.54. The fraction of sp³-hybridized carbons (Fsp3) is 0.524. The van der Waals surface area contributed by atoms with Crippen molar-refractivity contribution >= 4 is 64.2 Å². The summed E-state index contributed by atoms with van der Waals surface area (Å²) in [6, 6.07) is -0.934. The van der Waals surface area contributed by atoms with Crippen molar-refractivity contribution in [3.63, 3.8) is 0 Å². The molecule has 17 heteroatoms. The number of aryl methyl sites for hydroxylation is 2. The van der Waals surface area contributed by atoms with Gasteiger partial charge >= 0.3 is 12.1 Å². The van der Waals surface area contributed by atoms with Gasteiger partial charge in [0.05, 0.1) is 17.3 Å². The van der Waals surface area contributed by atoms with Gasteiger partial charge in [0, 0.05) is 23.8 Å². The molecule has 2 fully saturated rings. The minimum atomic E-state index is -4.71. The fourth-order valence-electron chi connectivity index (χ4n) is 4.28. The number of carbonyl (C=O) groups is 3. The minimum Gasteiger partial charge on any atom is -0.477 e. The third-order valence-electron chi connectivity index (χ3n) is 6.16. The smallest absolute Gasteiger partial charge is 0.436 e. The number of nitrogens with zero attached hydrogens (tertiary/aromatic N) is 5. The first kappa shape index (κ1) is 27.3. The van der Waals surface area contributed by atoms with Gasteiger partial charge in [-0.25, -0.2) is 4.79 Å². The number of rotatable bonds is 9. The standard InChI is InChI=1S/C21H20ClF3N6O4S3/c1-8-27-28-20(38-8)37-7-10-6-36-18-13(17(33)31(18)15(10)19(34)35)26-11(32)4-5-30-14(9-2-3-9)12(22)16(29-30)21(23,24)25/h9,13,18H,2-7H2,1H3,(H,26,32)(H,34,35). The molecule has 10 nitrogen and oxygen atoms in total. The lowest BCUT2D eigenvalue weighted by Crippen LogP contribution is -2.70. The molecule has 5 rings (SSSR count). The average Bonchev–Trinajstić information content (AvgIpc) is 3.50. The number of aliphatic carboxylic acids is 1. The van der Waals surface area contributed by atoms with Crippen LogP contribution in [0.2, 0.25) is 5.02 Å². The molecule has 0 aromatic carbocycles. The molecule has 2 aromatic rings. The maximum absolute atomic E-state index is 13.3. The van der Waals surface area contributed by atoms with Gasteiger partial charge in [-0.15, -0.1) is 22.0 Å². The van der Waals surface area contributed by atoms with Crippen molar-refractivity contribution in [2.45, 2.75) is 60.6 Å². The van der Waals surface area contributed by atoms with Crippen LogP contribution in [0.5, 0.6) is 0 Å². The van der Waals surface area contributed by atoms with Crippen LogP contribution in [-0.2, 0) is 27.1 Å². The van der Waals surface area contributed by atoms with Crippen LogP contribution in [0.1, 0.15) is 41.6 Å². The molecule has 2 amide bonds. The summed E-state index contributed by atoms with van der Waals surface area (Å²) in [7, 11) is 0. The van der Waals surface area contributed by atoms with Gasteiger partial charge in [0.1, 0.15) is 22.1 Å². The number of carbonyl (C=O) groups excluding carboxylic acids is 2. The molecule has 2 atom stereocenters. The summed E-state index contributed by atoms with van der Waals surface area (Å²) in [5, 5.41) is 23.7. The predicted octanol–water partition coefficient (Wildman–Crippen LogP) is 3.51. The van der Waals surface area contributed by atoms with E-state index in [4.69, 9.17) is 11.6 Å². The van der Waals surface area contributed by atoms with Gasteiger partial charge < -0.3 is 10.4 Å². The molecular formula is C21H20ClF3N6O4S3. The lowest BCUT2D eigenvalue weighted by molar-refractivity contribution is -0.150. The van der Waals surface area contributed by atoms with Crippen molar-refractivity contribution < 1.29 is 32.7 Å². The Bertz CT molecular complexity index is 1340. The van der Waals surface area contributed by atoms with Crippen LogP contribution in [0.25, 0.3) is 0 Å². The first-order valence-electron chi connectivity index (χ1n) is 11.4. The van der Waals surface area contributed by atoms with Crippen LogP contribution in [-0.4, -0.2) is 70.7 Å². The van der Waals surface area contributed by atoms with Crippen LogP contribution in [0.4, 0.5) is 13.2 Å². The molecule has 0 bridgehead atoms. The van der Waals surface area contributed by atoms with Crippen molar-refractivity contribution in [3.05, 3.63) is 32.7 Å². The van der Waals surface area contributed by atoms with Gasteiger partial charge in [-0.05, 0) is 25.3 Å². The molecule has 1 saturated heterocycles. The van der Waals surface area contributed by atoms with E-state index >= 15 is 0 Å². The Morgan fingerprint density at radius 2 is 2.03 bits per heavy atom. The van der Waals surface area contributed by atoms with Crippen molar-refractivity contribution in [1.29, 1.82) is 0 Å². The van der Waals surface area contributed by atoms with E-state index in [-0.39, 0.29) is 30.3 Å². The summed E-state index contributed by atoms with van der Waals surface area (Å²) >= 11 is 10.0. The topological polar surface area (TPSA) is 130 Å². The van der Waals surface area contributed by atoms with E-state index in [1.807, 2.05) is 6.92 Å². The number of β-lactam (4-membered cyclic amide) rings is 1. The Morgan fingerprint density at radius 3 is 2.63 bits per heavy atom. The molecule has 2 aliphatic heterocycles. The molecule has 4 heterocycles. The number of hydrogen-bond donors (Lipinski definition) is 2. The van der Waals surface area contributed by atoms with E-state index in [1.54, 1.807) is 0 Å². The predicted molar refractivity (Wildman–Crippen MR) is 134 cm³/mol. The maximum Gasteiger partial charge on any atom is 0.436 e. The number of aromatic nitrogens is 4. The molecule has 1 aliphatic carbocycles. The molecule has 0 radical (unpaired) electrons. The van der Waals surface area contributed by atoms with Crippen molar-refractivity contribution in [3.8, 4) is 0 Å². The van der Waals surface area contributed by atoms with Gasteiger partial charge in [-0.3, -0.25) is 19.2 Å². The zero-order chi connectivity index (χ0) is 27.4. The van der Waals surface area contributed by atoms with Crippen LogP contribution in [0, 0.1) is 6.92 Å². The zero-order valence-corrected chi connectivity index (χ0v) is 22.8. The maximum atomic E-state index is 13.3. The zero-order valence-electron chi connectivity index (χ0n) is 19.6. The molecule has 2 aromatic heterocycles. The SMILES string of the molecule is Cc1nnc(SCC2=C(C(=O)O)N3C(=O)C(NC(=O)CCn4nc(C(F)(F)F)c(Cl)c4C4CC4)C3SC2)s1. The lowest BCUT2D eigenvalue weighted by atomic mass is 10.0. The Labute approximate surface area is 231 Å². The second kappa shape index (κ2) is 10.4. The number of halogens is 4. The second-order valence-electron chi connectivity index (χ2n) is 8.88. The highest BCUT2D eigenvalue weighted by atomic mass is 35.5. The molecule has 1 saturated carbocycles. The van der Waals surface area contributed by atoms with Gasteiger partial charge in [0.15, 0.2) is 10.0 Å². The largest absolute Gasteiger partial charge is 0.477 e. The summed E-state index contributed by atoms with van der Waals surface area (Å²) in [5.74, 6) is -1.79. The molecule has 204 valence electrons. The molecule has 0 spiro atoms. The third kappa shape index (κ3) is 5.27. The van der Waals surface area contributed by atoms with Gasteiger partial charge in [0.25, 0.3) is 5.91 Å². The highest BCUT2D eigenvalue weighted by molar-refractivity contribution is 8.01. The summed E-state index contributed by atoms with van der Waals surface area (Å²) in [6.45, 7) is 1.68. The molecular weight excluding hydrogens is 589 g/mol. The van der Waals surface area contributed by atoms with Crippen molar-refractivity contribution in [2.75, 3.05) is 11.5 Å². The van der Waals surface area contributed by atoms with E-state index < -0.39 is 46.1 Å². The monoisotopic (exact) mass is 608 g/mol. The Balaban J connectivity index is 1.22. The summed E-state index contributed by atoms with van der Waals surface area (Å²) in [4.78, 5) is 38.7. The van der Waals surface area contributed by atoms with Crippen LogP contribution < -0.4 is 5.32 Å². The third-order valence-corrected chi connectivity index (χ3v) is 9.93. The summed E-state index contributed by atoms with van der Waals surface area (Å²) < 4.78 is 41.6. The van der Waals surface area contributed by atoms with Crippen LogP contribution in [0.3, 0.4) is 0 Å². The van der Waals surface area contributed by atoms with E-state index in [1.165, 1.54) is 39.8 Å². The Hall–Kier alpha value is -2.30. The summed E-state index contributed by atoms with van der Waals surface area (Å²) in [6.07, 6.45) is -3.54.